The van der Waals surface area contributed by atoms with Crippen molar-refractivity contribution in [1.29, 1.82) is 0 Å². The molecule has 0 aliphatic heterocycles. The SMILES string of the molecule is CCOC1(C(O)CCc2cnn(C)c2)CCCCC1. The Morgan fingerprint density at radius 2 is 2.16 bits per heavy atom. The van der Waals surface area contributed by atoms with Crippen LogP contribution < -0.4 is 0 Å². The van der Waals surface area contributed by atoms with Gasteiger partial charge in [0.25, 0.3) is 0 Å². The number of hydrogen-bond donors (Lipinski definition) is 1. The molecule has 0 bridgehead atoms. The highest BCUT2D eigenvalue weighted by Crippen LogP contribution is 2.36. The molecule has 1 aromatic heterocycles. The van der Waals surface area contributed by atoms with E-state index in [4.69, 9.17) is 4.74 Å². The van der Waals surface area contributed by atoms with Gasteiger partial charge < -0.3 is 9.84 Å². The summed E-state index contributed by atoms with van der Waals surface area (Å²) in [6.07, 6.45) is 10.7. The molecule has 1 unspecified atom stereocenters. The Bertz CT molecular complexity index is 378. The van der Waals surface area contributed by atoms with Gasteiger partial charge in [-0.25, -0.2) is 0 Å². The molecule has 4 nitrogen and oxygen atoms in total. The van der Waals surface area contributed by atoms with Crippen molar-refractivity contribution in [2.24, 2.45) is 7.05 Å². The summed E-state index contributed by atoms with van der Waals surface area (Å²) in [6, 6.07) is 0. The van der Waals surface area contributed by atoms with E-state index in [1.807, 2.05) is 26.4 Å². The van der Waals surface area contributed by atoms with E-state index in [0.29, 0.717) is 6.61 Å². The molecule has 1 aliphatic rings. The van der Waals surface area contributed by atoms with Crippen LogP contribution in [0.5, 0.6) is 0 Å². The molecule has 1 heterocycles. The van der Waals surface area contributed by atoms with Gasteiger partial charge in [-0.15, -0.1) is 0 Å². The molecule has 1 aliphatic carbocycles. The summed E-state index contributed by atoms with van der Waals surface area (Å²) < 4.78 is 7.76. The van der Waals surface area contributed by atoms with Crippen LogP contribution in [0.25, 0.3) is 0 Å². The zero-order valence-corrected chi connectivity index (χ0v) is 12.1. The van der Waals surface area contributed by atoms with Crippen molar-refractivity contribution in [2.75, 3.05) is 6.61 Å². The number of rotatable bonds is 6. The van der Waals surface area contributed by atoms with Gasteiger partial charge in [0.2, 0.25) is 0 Å². The fourth-order valence-corrected chi connectivity index (χ4v) is 3.18. The highest BCUT2D eigenvalue weighted by molar-refractivity contribution is 5.05. The first-order valence-electron chi connectivity index (χ1n) is 7.46. The number of hydrogen-bond acceptors (Lipinski definition) is 3. The summed E-state index contributed by atoms with van der Waals surface area (Å²) in [7, 11) is 1.92. The van der Waals surface area contributed by atoms with Gasteiger partial charge in [0, 0.05) is 19.9 Å². The molecule has 1 N–H and O–H groups in total. The summed E-state index contributed by atoms with van der Waals surface area (Å²) in [6.45, 7) is 2.70. The fraction of sp³-hybridized carbons (Fsp3) is 0.800. The molecule has 1 saturated carbocycles. The highest BCUT2D eigenvalue weighted by atomic mass is 16.5. The lowest BCUT2D eigenvalue weighted by Crippen LogP contribution is -2.46. The minimum absolute atomic E-state index is 0.296. The van der Waals surface area contributed by atoms with Gasteiger partial charge in [-0.05, 0) is 38.2 Å². The van der Waals surface area contributed by atoms with Crippen molar-refractivity contribution in [1.82, 2.24) is 9.78 Å². The molecule has 19 heavy (non-hydrogen) atoms. The number of aryl methyl sites for hydroxylation is 2. The number of aromatic nitrogens is 2. The molecule has 0 amide bonds. The third-order valence-corrected chi connectivity index (χ3v) is 4.20. The Kier molecular flexibility index (Phi) is 4.99. The van der Waals surface area contributed by atoms with E-state index in [-0.39, 0.29) is 11.7 Å². The van der Waals surface area contributed by atoms with Crippen LogP contribution in [0, 0.1) is 0 Å². The average molecular weight is 266 g/mol. The predicted molar refractivity (Wildman–Crippen MR) is 75.0 cm³/mol. The first kappa shape index (κ1) is 14.5. The van der Waals surface area contributed by atoms with Crippen LogP contribution in [-0.4, -0.2) is 33.2 Å². The van der Waals surface area contributed by atoms with E-state index >= 15 is 0 Å². The molecular formula is C15H26N2O2. The largest absolute Gasteiger partial charge is 0.390 e. The summed E-state index contributed by atoms with van der Waals surface area (Å²) in [5.41, 5.74) is 0.888. The molecule has 108 valence electrons. The predicted octanol–water partition coefficient (Wildman–Crippen LogP) is 2.45. The lowest BCUT2D eigenvalue weighted by atomic mass is 9.79. The maximum atomic E-state index is 10.6. The van der Waals surface area contributed by atoms with Crippen LogP contribution in [0.1, 0.15) is 51.0 Å². The maximum Gasteiger partial charge on any atom is 0.0940 e. The second kappa shape index (κ2) is 6.53. The minimum Gasteiger partial charge on any atom is -0.390 e. The van der Waals surface area contributed by atoms with Crippen molar-refractivity contribution in [2.45, 2.75) is 63.6 Å². The lowest BCUT2D eigenvalue weighted by Gasteiger charge is -2.41. The van der Waals surface area contributed by atoms with Gasteiger partial charge in [0.05, 0.1) is 17.9 Å². The van der Waals surface area contributed by atoms with E-state index in [9.17, 15) is 5.11 Å². The smallest absolute Gasteiger partial charge is 0.0940 e. The Labute approximate surface area is 115 Å². The van der Waals surface area contributed by atoms with Gasteiger partial charge in [0.1, 0.15) is 0 Å². The summed E-state index contributed by atoms with van der Waals surface area (Å²) in [5.74, 6) is 0. The lowest BCUT2D eigenvalue weighted by molar-refractivity contribution is -0.141. The normalized spacial score (nSPS) is 20.4. The van der Waals surface area contributed by atoms with Crippen LogP contribution in [-0.2, 0) is 18.2 Å². The van der Waals surface area contributed by atoms with E-state index < -0.39 is 0 Å². The van der Waals surface area contributed by atoms with Gasteiger partial charge in [0.15, 0.2) is 0 Å². The van der Waals surface area contributed by atoms with Crippen LogP contribution >= 0.6 is 0 Å². The Balaban J connectivity index is 1.93. The second-order valence-corrected chi connectivity index (χ2v) is 5.64. The minimum atomic E-state index is -0.368. The van der Waals surface area contributed by atoms with Gasteiger partial charge in [-0.3, -0.25) is 4.68 Å². The number of aliphatic hydroxyl groups excluding tert-OH is 1. The molecule has 0 aromatic carbocycles. The summed E-state index contributed by atoms with van der Waals surface area (Å²) >= 11 is 0. The standard InChI is InChI=1S/C15H26N2O2/c1-3-19-15(9-5-4-6-10-15)14(18)8-7-13-11-16-17(2)12-13/h11-12,14,18H,3-10H2,1-2H3. The molecule has 1 fully saturated rings. The zero-order chi connectivity index (χ0) is 13.7. The van der Waals surface area contributed by atoms with E-state index in [1.165, 1.54) is 24.8 Å². The van der Waals surface area contributed by atoms with Crippen LogP contribution in [0.15, 0.2) is 12.4 Å². The molecular weight excluding hydrogens is 240 g/mol. The zero-order valence-electron chi connectivity index (χ0n) is 12.1. The number of nitrogens with zero attached hydrogens (tertiary/aromatic N) is 2. The first-order chi connectivity index (χ1) is 9.16. The summed E-state index contributed by atoms with van der Waals surface area (Å²) in [5, 5.41) is 14.7. The van der Waals surface area contributed by atoms with Crippen LogP contribution in [0.4, 0.5) is 0 Å². The van der Waals surface area contributed by atoms with Crippen LogP contribution in [0.2, 0.25) is 0 Å². The monoisotopic (exact) mass is 266 g/mol. The topological polar surface area (TPSA) is 47.3 Å². The Morgan fingerprint density at radius 1 is 1.42 bits per heavy atom. The van der Waals surface area contributed by atoms with E-state index in [2.05, 4.69) is 5.10 Å². The molecule has 1 atom stereocenters. The van der Waals surface area contributed by atoms with E-state index in [1.54, 1.807) is 4.68 Å². The van der Waals surface area contributed by atoms with Gasteiger partial charge in [-0.1, -0.05) is 19.3 Å². The summed E-state index contributed by atoms with van der Waals surface area (Å²) in [4.78, 5) is 0. The Morgan fingerprint density at radius 3 is 2.74 bits per heavy atom. The number of aliphatic hydroxyl groups is 1. The number of ether oxygens (including phenoxy) is 1. The second-order valence-electron chi connectivity index (χ2n) is 5.64. The van der Waals surface area contributed by atoms with Crippen molar-refractivity contribution < 1.29 is 9.84 Å². The molecule has 1 aromatic rings. The highest BCUT2D eigenvalue weighted by Gasteiger charge is 2.39. The van der Waals surface area contributed by atoms with Crippen molar-refractivity contribution in [3.63, 3.8) is 0 Å². The van der Waals surface area contributed by atoms with Gasteiger partial charge >= 0.3 is 0 Å². The fourth-order valence-electron chi connectivity index (χ4n) is 3.18. The average Bonchev–Trinajstić information content (AvgIpc) is 2.83. The molecule has 0 saturated heterocycles. The van der Waals surface area contributed by atoms with Crippen molar-refractivity contribution >= 4 is 0 Å². The van der Waals surface area contributed by atoms with Crippen LogP contribution in [0.3, 0.4) is 0 Å². The Hall–Kier alpha value is -0.870. The molecule has 2 rings (SSSR count). The first-order valence-corrected chi connectivity index (χ1v) is 7.46. The molecule has 4 heteroatoms. The van der Waals surface area contributed by atoms with Crippen molar-refractivity contribution in [3.8, 4) is 0 Å². The third kappa shape index (κ3) is 3.57. The van der Waals surface area contributed by atoms with Gasteiger partial charge in [-0.2, -0.15) is 5.10 Å². The molecule has 0 radical (unpaired) electrons. The maximum absolute atomic E-state index is 10.6. The quantitative estimate of drug-likeness (QED) is 0.860. The molecule has 0 spiro atoms. The third-order valence-electron chi connectivity index (χ3n) is 4.20. The van der Waals surface area contributed by atoms with Crippen molar-refractivity contribution in [3.05, 3.63) is 18.0 Å². The van der Waals surface area contributed by atoms with E-state index in [0.717, 1.165) is 25.7 Å².